The second-order valence-electron chi connectivity index (χ2n) is 7.14. The molecule has 1 aromatic rings. The molecule has 27 heavy (non-hydrogen) atoms. The number of rotatable bonds is 2. The predicted molar refractivity (Wildman–Crippen MR) is 107 cm³/mol. The molecule has 1 aromatic carbocycles. The first-order valence-electron chi connectivity index (χ1n) is 9.36. The van der Waals surface area contributed by atoms with Crippen LogP contribution in [0.1, 0.15) is 25.7 Å². The van der Waals surface area contributed by atoms with Crippen LogP contribution in [0.3, 0.4) is 0 Å². The Hall–Kier alpha value is -2.40. The lowest BCUT2D eigenvalue weighted by molar-refractivity contribution is 0.148. The zero-order valence-electron chi connectivity index (χ0n) is 15.8. The van der Waals surface area contributed by atoms with E-state index in [9.17, 15) is 9.18 Å². The highest BCUT2D eigenvalue weighted by molar-refractivity contribution is 5.66. The van der Waals surface area contributed by atoms with Gasteiger partial charge in [0.2, 0.25) is 0 Å². The van der Waals surface area contributed by atoms with Crippen LogP contribution in [0.4, 0.5) is 9.18 Å². The van der Waals surface area contributed by atoms with Gasteiger partial charge in [-0.25, -0.2) is 9.18 Å². The van der Waals surface area contributed by atoms with Crippen LogP contribution in [0.2, 0.25) is 0 Å². The lowest BCUT2D eigenvalue weighted by Gasteiger charge is -2.26. The van der Waals surface area contributed by atoms with Crippen molar-refractivity contribution < 1.29 is 14.3 Å². The van der Waals surface area contributed by atoms with Crippen molar-refractivity contribution in [3.8, 4) is 0 Å². The lowest BCUT2D eigenvalue weighted by atomic mass is 10.0. The second kappa shape index (κ2) is 10.1. The number of hydrogen-bond acceptors (Lipinski definition) is 2. The van der Waals surface area contributed by atoms with E-state index in [0.29, 0.717) is 13.1 Å². The summed E-state index contributed by atoms with van der Waals surface area (Å²) >= 11 is 0. The van der Waals surface area contributed by atoms with Gasteiger partial charge in [-0.15, -0.1) is 0 Å². The van der Waals surface area contributed by atoms with E-state index in [-0.39, 0.29) is 5.82 Å². The van der Waals surface area contributed by atoms with Crippen LogP contribution in [0.25, 0.3) is 0 Å². The fourth-order valence-electron chi connectivity index (χ4n) is 3.21. The number of nitrogens with one attached hydrogen (secondary N) is 1. The van der Waals surface area contributed by atoms with E-state index >= 15 is 0 Å². The Kier molecular flexibility index (Phi) is 7.80. The molecule has 1 spiro atoms. The number of amides is 1. The van der Waals surface area contributed by atoms with Gasteiger partial charge in [0.05, 0.1) is 0 Å². The average Bonchev–Trinajstić information content (AvgIpc) is 3.29. The Bertz CT molecular complexity index is 673. The summed E-state index contributed by atoms with van der Waals surface area (Å²) in [4.78, 5) is 12.0. The predicted octanol–water partition coefficient (Wildman–Crippen LogP) is 4.62. The van der Waals surface area contributed by atoms with Crippen molar-refractivity contribution in [2.45, 2.75) is 25.7 Å². The number of nitrogens with zero attached hydrogens (tertiary/aromatic N) is 1. The largest absolute Gasteiger partial charge is 0.465 e. The van der Waals surface area contributed by atoms with E-state index in [1.807, 2.05) is 0 Å². The number of carboxylic acid groups (broad SMARTS) is 1. The molecule has 146 valence electrons. The second-order valence-corrected chi connectivity index (χ2v) is 7.14. The van der Waals surface area contributed by atoms with Crippen molar-refractivity contribution >= 4 is 6.09 Å². The Balaban J connectivity index is 0.000000157. The molecule has 0 unspecified atom stereocenters. The first kappa shape index (κ1) is 20.9. The summed E-state index contributed by atoms with van der Waals surface area (Å²) in [5.74, 6) is -0.178. The smallest absolute Gasteiger partial charge is 0.407 e. The number of halogens is 1. The fraction of sp³-hybridized carbons (Fsp3) is 0.409. The lowest BCUT2D eigenvalue weighted by Crippen LogP contribution is -2.35. The summed E-state index contributed by atoms with van der Waals surface area (Å²) in [6.07, 6.45) is 7.79. The monoisotopic (exact) mass is 372 g/mol. The number of benzene rings is 1. The van der Waals surface area contributed by atoms with Gasteiger partial charge in [-0.3, -0.25) is 0 Å². The van der Waals surface area contributed by atoms with Crippen molar-refractivity contribution in [3.05, 3.63) is 72.6 Å². The quantitative estimate of drug-likeness (QED) is 0.796. The first-order chi connectivity index (χ1) is 13.0. The normalized spacial score (nSPS) is 19.4. The highest BCUT2D eigenvalue weighted by Gasteiger charge is 2.44. The minimum Gasteiger partial charge on any atom is -0.465 e. The minimum atomic E-state index is -0.873. The molecule has 0 atom stereocenters. The standard InChI is InChI=1S/C10H13NO2.C6H5F.C6H11N/c1-3-8-5-6-11(10(12)13)7-9(8)4-2;7-6-4-2-1-3-5-6;1-2-6(1)3-4-7-5-6/h3-4H,1-2,5-7H2,(H,12,13);1-5H;7H,1-5H2. The third-order valence-corrected chi connectivity index (χ3v) is 5.21. The molecule has 2 heterocycles. The first-order valence-corrected chi connectivity index (χ1v) is 9.36. The average molecular weight is 372 g/mol. The summed E-state index contributed by atoms with van der Waals surface area (Å²) in [7, 11) is 0. The Morgan fingerprint density at radius 3 is 2.19 bits per heavy atom. The third-order valence-electron chi connectivity index (χ3n) is 5.21. The number of allylic oxidation sites excluding steroid dienone is 1. The number of carbonyl (C=O) groups is 1. The van der Waals surface area contributed by atoms with Crippen molar-refractivity contribution in [2.75, 3.05) is 26.2 Å². The van der Waals surface area contributed by atoms with Gasteiger partial charge in [0, 0.05) is 19.6 Å². The minimum absolute atomic E-state index is 0.178. The Labute approximate surface area is 161 Å². The topological polar surface area (TPSA) is 52.6 Å². The molecule has 2 aliphatic heterocycles. The molecule has 4 nitrogen and oxygen atoms in total. The maximum atomic E-state index is 11.9. The van der Waals surface area contributed by atoms with Crippen LogP contribution in [0.5, 0.6) is 0 Å². The zero-order chi connectivity index (χ0) is 19.7. The molecule has 5 heteroatoms. The van der Waals surface area contributed by atoms with E-state index in [2.05, 4.69) is 18.5 Å². The summed E-state index contributed by atoms with van der Waals surface area (Å²) in [6.45, 7) is 10.9. The molecule has 2 N–H and O–H groups in total. The van der Waals surface area contributed by atoms with Gasteiger partial charge in [-0.05, 0) is 60.9 Å². The zero-order valence-corrected chi connectivity index (χ0v) is 15.8. The fourth-order valence-corrected chi connectivity index (χ4v) is 3.21. The van der Waals surface area contributed by atoms with E-state index in [4.69, 9.17) is 5.11 Å². The molecule has 1 amide bonds. The summed E-state index contributed by atoms with van der Waals surface area (Å²) in [6, 6.07) is 7.94. The molecule has 4 rings (SSSR count). The molecule has 3 aliphatic rings. The van der Waals surface area contributed by atoms with Crippen LogP contribution >= 0.6 is 0 Å². The van der Waals surface area contributed by atoms with Crippen molar-refractivity contribution in [3.63, 3.8) is 0 Å². The maximum Gasteiger partial charge on any atom is 0.407 e. The van der Waals surface area contributed by atoms with Crippen LogP contribution in [0.15, 0.2) is 66.8 Å². The van der Waals surface area contributed by atoms with Crippen molar-refractivity contribution in [1.82, 2.24) is 10.2 Å². The van der Waals surface area contributed by atoms with Crippen LogP contribution in [-0.2, 0) is 0 Å². The van der Waals surface area contributed by atoms with Crippen LogP contribution in [0, 0.1) is 11.2 Å². The third kappa shape index (κ3) is 6.68. The summed E-state index contributed by atoms with van der Waals surface area (Å²) < 4.78 is 11.9. The summed E-state index contributed by atoms with van der Waals surface area (Å²) in [5, 5.41) is 12.1. The van der Waals surface area contributed by atoms with Gasteiger partial charge >= 0.3 is 6.09 Å². The van der Waals surface area contributed by atoms with E-state index in [1.165, 1.54) is 49.4 Å². The number of hydrogen-bond donors (Lipinski definition) is 2. The molecule has 0 radical (unpaired) electrons. The van der Waals surface area contributed by atoms with Gasteiger partial charge in [0.1, 0.15) is 5.82 Å². The van der Waals surface area contributed by atoms with E-state index in [1.54, 1.807) is 30.4 Å². The SMILES string of the molecule is C1CC2(CC2)CN1.C=CC1=C(C=C)CN(C(=O)O)CC1.Fc1ccccc1. The maximum absolute atomic E-state index is 11.9. The van der Waals surface area contributed by atoms with Gasteiger partial charge in [0.15, 0.2) is 0 Å². The van der Waals surface area contributed by atoms with Crippen molar-refractivity contribution in [1.29, 1.82) is 0 Å². The molecular weight excluding hydrogens is 343 g/mol. The molecule has 1 saturated heterocycles. The molecule has 0 bridgehead atoms. The molecule has 0 aromatic heterocycles. The van der Waals surface area contributed by atoms with E-state index in [0.717, 1.165) is 23.0 Å². The summed E-state index contributed by atoms with van der Waals surface area (Å²) in [5.41, 5.74) is 2.90. The van der Waals surface area contributed by atoms with Crippen LogP contribution in [-0.4, -0.2) is 42.3 Å². The van der Waals surface area contributed by atoms with E-state index < -0.39 is 6.09 Å². The highest BCUT2D eigenvalue weighted by Crippen LogP contribution is 2.49. The van der Waals surface area contributed by atoms with Gasteiger partial charge in [-0.2, -0.15) is 0 Å². The molecule has 2 fully saturated rings. The molecular formula is C22H29FN2O2. The highest BCUT2D eigenvalue weighted by atomic mass is 19.1. The van der Waals surface area contributed by atoms with Crippen molar-refractivity contribution in [2.24, 2.45) is 5.41 Å². The van der Waals surface area contributed by atoms with Crippen LogP contribution < -0.4 is 5.32 Å². The van der Waals surface area contributed by atoms with Gasteiger partial charge in [0.25, 0.3) is 0 Å². The Morgan fingerprint density at radius 2 is 1.81 bits per heavy atom. The molecule has 1 saturated carbocycles. The van der Waals surface area contributed by atoms with Gasteiger partial charge in [-0.1, -0.05) is 43.5 Å². The van der Waals surface area contributed by atoms with Gasteiger partial charge < -0.3 is 15.3 Å². The Morgan fingerprint density at radius 1 is 1.15 bits per heavy atom. The molecule has 1 aliphatic carbocycles.